The number of carbonyl (C=O) groups excluding carboxylic acids is 1. The number of nitriles is 1. The Bertz CT molecular complexity index is 3970. The van der Waals surface area contributed by atoms with Crippen LogP contribution >= 0.6 is 0 Å². The van der Waals surface area contributed by atoms with Crippen molar-refractivity contribution in [2.45, 2.75) is 29.1 Å². The first-order valence-corrected chi connectivity index (χ1v) is 22.5. The highest BCUT2D eigenvalue weighted by molar-refractivity contribution is 6.32. The number of aromatic nitrogens is 1. The van der Waals surface area contributed by atoms with Crippen LogP contribution in [0.1, 0.15) is 101 Å². The maximum Gasteiger partial charge on any atom is 0.175 e. The second kappa shape index (κ2) is 11.3. The predicted molar refractivity (Wildman–Crippen MR) is 254 cm³/mol. The lowest BCUT2D eigenvalue weighted by Gasteiger charge is -2.58. The Morgan fingerprint density at radius 3 is 1.56 bits per heavy atom. The second-order valence-electron chi connectivity index (χ2n) is 18.7. The third-order valence-corrected chi connectivity index (χ3v) is 16.4. The third kappa shape index (κ3) is 3.56. The Balaban J connectivity index is 1.12. The second-order valence-corrected chi connectivity index (χ2v) is 18.7. The lowest BCUT2D eigenvalue weighted by Crippen LogP contribution is -2.52. The Morgan fingerprint density at radius 2 is 0.969 bits per heavy atom. The van der Waals surface area contributed by atoms with Crippen molar-refractivity contribution >= 4 is 43.9 Å². The molecule has 2 aromatic heterocycles. The smallest absolute Gasteiger partial charge is 0.175 e. The molecule has 294 valence electrons. The van der Waals surface area contributed by atoms with Gasteiger partial charge in [-0.1, -0.05) is 158 Å². The van der Waals surface area contributed by atoms with Crippen LogP contribution in [0.5, 0.6) is 0 Å². The van der Waals surface area contributed by atoms with Gasteiger partial charge in [-0.3, -0.25) is 4.79 Å². The van der Waals surface area contributed by atoms with Gasteiger partial charge in [-0.15, -0.1) is 0 Å². The number of Topliss-reactive ketones (excluding diaryl/α,β-unsaturated/α-hetero) is 1. The zero-order valence-electron chi connectivity index (χ0n) is 34.4. The van der Waals surface area contributed by atoms with Crippen molar-refractivity contribution in [2.75, 3.05) is 0 Å². The van der Waals surface area contributed by atoms with Crippen molar-refractivity contribution in [3.63, 3.8) is 0 Å². The Labute approximate surface area is 368 Å². The number of nitrogens with zero attached hydrogens (tertiary/aromatic N) is 2. The summed E-state index contributed by atoms with van der Waals surface area (Å²) in [6.45, 7) is 0. The summed E-state index contributed by atoms with van der Waals surface area (Å²) in [5, 5.41) is 16.1. The van der Waals surface area contributed by atoms with E-state index in [-0.39, 0.29) is 34.9 Å². The molecule has 0 saturated carbocycles. The molecule has 1 spiro atoms. The van der Waals surface area contributed by atoms with Gasteiger partial charge in [-0.25, -0.2) is 0 Å². The van der Waals surface area contributed by atoms with Crippen molar-refractivity contribution in [1.29, 1.82) is 5.26 Å². The summed E-state index contributed by atoms with van der Waals surface area (Å²) in [6.07, 6.45) is 0. The number of hydrogen-bond acceptors (Lipinski definition) is 2. The van der Waals surface area contributed by atoms with Crippen molar-refractivity contribution in [1.82, 2.24) is 4.40 Å². The maximum atomic E-state index is 15.5. The van der Waals surface area contributed by atoms with E-state index in [4.69, 9.17) is 0 Å². The zero-order valence-corrected chi connectivity index (χ0v) is 34.4. The van der Waals surface area contributed by atoms with Crippen molar-refractivity contribution in [3.8, 4) is 28.3 Å². The molecule has 3 atom stereocenters. The standard InChI is InChI=1S/C61H34N2O/c62-31-34-27-49-55(56-50(34)57-39-23-11-13-25-46(39)61(57)47-26-14-12-24-40(47)58(56)61)54-42(33-17-5-2-6-18-33)28-41(32-15-3-1-4-16-32)52-45-29-43-44(30-48(45)63(49)59(52)54)60(64)53-37-21-9-7-19-35(37)51(43)36-20-8-10-22-38(36)53/h1-30,51,53,57-58H. The molecule has 2 bridgehead atoms. The normalized spacial score (nSPS) is 21.2. The molecule has 0 fully saturated rings. The van der Waals surface area contributed by atoms with Gasteiger partial charge in [0.2, 0.25) is 0 Å². The van der Waals surface area contributed by atoms with E-state index >= 15 is 4.79 Å². The molecule has 3 nitrogen and oxygen atoms in total. The van der Waals surface area contributed by atoms with Gasteiger partial charge in [-0.05, 0) is 108 Å². The maximum absolute atomic E-state index is 15.5. The summed E-state index contributed by atoms with van der Waals surface area (Å²) in [7, 11) is 0. The fraction of sp³-hybridized carbons (Fsp3) is 0.0820. The summed E-state index contributed by atoms with van der Waals surface area (Å²) < 4.78 is 2.46. The summed E-state index contributed by atoms with van der Waals surface area (Å²) in [5.41, 5.74) is 22.9. The van der Waals surface area contributed by atoms with Gasteiger partial charge in [0.25, 0.3) is 0 Å². The monoisotopic (exact) mass is 810 g/mol. The molecule has 17 rings (SSSR count). The van der Waals surface area contributed by atoms with Crippen LogP contribution in [-0.4, -0.2) is 10.2 Å². The molecule has 3 heteroatoms. The van der Waals surface area contributed by atoms with E-state index < -0.39 is 0 Å². The Hall–Kier alpha value is -8.06. The van der Waals surface area contributed by atoms with E-state index in [1.807, 2.05) is 0 Å². The fourth-order valence-corrected chi connectivity index (χ4v) is 14.2. The van der Waals surface area contributed by atoms with E-state index in [2.05, 4.69) is 192 Å². The van der Waals surface area contributed by atoms with Crippen LogP contribution in [0.3, 0.4) is 0 Å². The summed E-state index contributed by atoms with van der Waals surface area (Å²) >= 11 is 0. The molecule has 3 unspecified atom stereocenters. The minimum Gasteiger partial charge on any atom is -0.308 e. The molecule has 0 radical (unpaired) electrons. The molecule has 0 N–H and O–H groups in total. The van der Waals surface area contributed by atoms with Crippen LogP contribution in [0.4, 0.5) is 0 Å². The quantitative estimate of drug-likeness (QED) is 0.175. The molecule has 9 aromatic carbocycles. The Morgan fingerprint density at radius 1 is 0.453 bits per heavy atom. The molecular weight excluding hydrogens is 777 g/mol. The molecule has 0 aliphatic heterocycles. The van der Waals surface area contributed by atoms with Crippen LogP contribution in [0.25, 0.3) is 60.3 Å². The molecule has 2 heterocycles. The fourth-order valence-electron chi connectivity index (χ4n) is 14.2. The van der Waals surface area contributed by atoms with Gasteiger partial charge in [0, 0.05) is 50.3 Å². The van der Waals surface area contributed by atoms with Crippen LogP contribution in [0.15, 0.2) is 182 Å². The minimum absolute atomic E-state index is 0.0770. The average Bonchev–Trinajstić information content (AvgIpc) is 3.88. The number of carbonyl (C=O) groups is 1. The zero-order chi connectivity index (χ0) is 41.7. The highest BCUT2D eigenvalue weighted by Crippen LogP contribution is 2.78. The topological polar surface area (TPSA) is 45.3 Å². The largest absolute Gasteiger partial charge is 0.308 e. The highest BCUT2D eigenvalue weighted by atomic mass is 16.1. The number of ketones is 1. The van der Waals surface area contributed by atoms with Crippen LogP contribution < -0.4 is 0 Å². The first kappa shape index (κ1) is 33.6. The highest BCUT2D eigenvalue weighted by Gasteiger charge is 2.70. The van der Waals surface area contributed by atoms with Crippen molar-refractivity contribution in [3.05, 3.63) is 254 Å². The van der Waals surface area contributed by atoms with Crippen LogP contribution in [0.2, 0.25) is 0 Å². The minimum atomic E-state index is -0.377. The number of fused-ring (bicyclic) bond motifs is 14. The molecule has 0 amide bonds. The predicted octanol–water partition coefficient (Wildman–Crippen LogP) is 13.8. The third-order valence-electron chi connectivity index (χ3n) is 16.4. The molecule has 6 aliphatic rings. The summed E-state index contributed by atoms with van der Waals surface area (Å²) in [4.78, 5) is 15.5. The van der Waals surface area contributed by atoms with E-state index in [9.17, 15) is 5.26 Å². The molecule has 64 heavy (non-hydrogen) atoms. The first-order valence-electron chi connectivity index (χ1n) is 22.5. The van der Waals surface area contributed by atoms with Crippen LogP contribution in [-0.2, 0) is 5.41 Å². The lowest BCUT2D eigenvalue weighted by atomic mass is 9.43. The van der Waals surface area contributed by atoms with E-state index in [1.54, 1.807) is 0 Å². The van der Waals surface area contributed by atoms with Gasteiger partial charge in [0.05, 0.1) is 34.1 Å². The lowest BCUT2D eigenvalue weighted by molar-refractivity contribution is 0.0974. The molecule has 11 aromatic rings. The number of rotatable bonds is 2. The Kier molecular flexibility index (Phi) is 5.92. The summed E-state index contributed by atoms with van der Waals surface area (Å²) in [5.74, 6) is -0.100. The van der Waals surface area contributed by atoms with Gasteiger partial charge in [0.1, 0.15) is 0 Å². The van der Waals surface area contributed by atoms with E-state index in [1.165, 1.54) is 66.2 Å². The average molecular weight is 811 g/mol. The van der Waals surface area contributed by atoms with E-state index in [0.29, 0.717) is 0 Å². The molecular formula is C61H34N2O. The summed E-state index contributed by atoms with van der Waals surface area (Å²) in [6, 6.07) is 68.9. The van der Waals surface area contributed by atoms with Crippen LogP contribution in [0, 0.1) is 11.3 Å². The van der Waals surface area contributed by atoms with E-state index in [0.717, 1.165) is 66.4 Å². The SMILES string of the molecule is N#Cc1cc2c(c3c1C1c4ccccc4C14c1ccccc1C34)c1c(-c3ccccc3)cc(-c3ccccc3)c3c4cc5c(cc4n2c31)C(=O)C1c2ccccc2C5c2ccccc21. The number of hydrogen-bond donors (Lipinski definition) is 0. The van der Waals surface area contributed by atoms with Gasteiger partial charge in [0.15, 0.2) is 5.78 Å². The van der Waals surface area contributed by atoms with Crippen molar-refractivity contribution in [2.24, 2.45) is 0 Å². The van der Waals surface area contributed by atoms with Crippen molar-refractivity contribution < 1.29 is 4.79 Å². The van der Waals surface area contributed by atoms with Gasteiger partial charge in [-0.2, -0.15) is 5.26 Å². The number of benzene rings is 9. The van der Waals surface area contributed by atoms with Gasteiger partial charge < -0.3 is 4.40 Å². The molecule has 6 aliphatic carbocycles. The van der Waals surface area contributed by atoms with Gasteiger partial charge >= 0.3 is 0 Å². The molecule has 0 saturated heterocycles. The first-order chi connectivity index (χ1) is 31.7.